The molecule has 2 aromatic heterocycles. The molecule has 2 N–H and O–H groups in total. The van der Waals surface area contributed by atoms with Crippen LogP contribution in [0.1, 0.15) is 5.76 Å². The van der Waals surface area contributed by atoms with Crippen molar-refractivity contribution in [2.45, 2.75) is 6.54 Å². The van der Waals surface area contributed by atoms with Gasteiger partial charge >= 0.3 is 0 Å². The second kappa shape index (κ2) is 3.44. The van der Waals surface area contributed by atoms with Gasteiger partial charge in [0.15, 0.2) is 0 Å². The summed E-state index contributed by atoms with van der Waals surface area (Å²) in [6, 6.07) is 3.72. The summed E-state index contributed by atoms with van der Waals surface area (Å²) in [6.07, 6.45) is 3.21. The summed E-state index contributed by atoms with van der Waals surface area (Å²) in [6.45, 7) is 0.584. The lowest BCUT2D eigenvalue weighted by Gasteiger charge is -2.02. The van der Waals surface area contributed by atoms with E-state index in [0.29, 0.717) is 11.3 Å². The summed E-state index contributed by atoms with van der Waals surface area (Å²) >= 11 is 4.93. The Morgan fingerprint density at radius 3 is 3.23 bits per heavy atom. The third kappa shape index (κ3) is 1.78. The van der Waals surface area contributed by atoms with Gasteiger partial charge in [-0.2, -0.15) is 5.10 Å². The molecule has 0 saturated carbocycles. The van der Waals surface area contributed by atoms with Crippen LogP contribution in [0.2, 0.25) is 0 Å². The van der Waals surface area contributed by atoms with Crippen molar-refractivity contribution in [3.05, 3.63) is 35.3 Å². The molecule has 0 amide bonds. The van der Waals surface area contributed by atoms with E-state index in [-0.39, 0.29) is 0 Å². The molecule has 2 heterocycles. The van der Waals surface area contributed by atoms with Crippen molar-refractivity contribution in [2.75, 3.05) is 5.43 Å². The third-order valence-electron chi connectivity index (χ3n) is 1.56. The number of H-pyrrole nitrogens is 1. The zero-order valence-electron chi connectivity index (χ0n) is 6.73. The second-order valence-electron chi connectivity index (χ2n) is 2.45. The fourth-order valence-corrected chi connectivity index (χ4v) is 1.10. The van der Waals surface area contributed by atoms with Crippen molar-refractivity contribution < 1.29 is 4.42 Å². The predicted octanol–water partition coefficient (Wildman–Crippen LogP) is 1.28. The Balaban J connectivity index is 2.01. The quantitative estimate of drug-likeness (QED) is 0.726. The Labute approximate surface area is 79.4 Å². The Bertz CT molecular complexity index is 416. The van der Waals surface area contributed by atoms with Gasteiger partial charge in [-0.1, -0.05) is 0 Å². The molecular formula is C7H8N4OS. The first kappa shape index (κ1) is 8.06. The second-order valence-corrected chi connectivity index (χ2v) is 2.83. The number of rotatable bonds is 3. The molecule has 0 aromatic carbocycles. The minimum Gasteiger partial charge on any atom is -0.467 e. The largest absolute Gasteiger partial charge is 0.467 e. The lowest BCUT2D eigenvalue weighted by Crippen LogP contribution is -2.12. The molecular weight excluding hydrogens is 188 g/mol. The lowest BCUT2D eigenvalue weighted by atomic mass is 10.5. The summed E-state index contributed by atoms with van der Waals surface area (Å²) in [7, 11) is 0. The number of aromatic nitrogens is 3. The maximum Gasteiger partial charge on any atom is 0.214 e. The first-order valence-electron chi connectivity index (χ1n) is 3.74. The number of hydrogen-bond acceptors (Lipinski definition) is 4. The van der Waals surface area contributed by atoms with Crippen molar-refractivity contribution in [2.24, 2.45) is 0 Å². The van der Waals surface area contributed by atoms with Crippen LogP contribution in [0.4, 0.5) is 0 Å². The fourth-order valence-electron chi connectivity index (χ4n) is 0.937. The molecule has 0 atom stereocenters. The van der Waals surface area contributed by atoms with Crippen molar-refractivity contribution in [3.63, 3.8) is 0 Å². The summed E-state index contributed by atoms with van der Waals surface area (Å²) in [4.78, 5) is 0. The Kier molecular flexibility index (Phi) is 2.13. The van der Waals surface area contributed by atoms with Gasteiger partial charge in [-0.3, -0.25) is 5.10 Å². The standard InChI is InChI=1S/C7H8N4OS/c13-7-10-8-5-11(7)9-4-6-2-1-3-12-6/h1-3,5,9H,4H2,(H,10,13). The highest BCUT2D eigenvalue weighted by Crippen LogP contribution is 1.99. The SMILES string of the molecule is S=c1[nH]ncn1NCc1ccco1. The zero-order chi connectivity index (χ0) is 9.10. The van der Waals surface area contributed by atoms with Crippen LogP contribution in [0.15, 0.2) is 29.1 Å². The van der Waals surface area contributed by atoms with Crippen LogP contribution in [0.25, 0.3) is 0 Å². The normalized spacial score (nSPS) is 10.2. The van der Waals surface area contributed by atoms with Crippen LogP contribution >= 0.6 is 12.2 Å². The Morgan fingerprint density at radius 1 is 1.69 bits per heavy atom. The van der Waals surface area contributed by atoms with Gasteiger partial charge in [-0.15, -0.1) is 0 Å². The number of nitrogens with zero attached hydrogens (tertiary/aromatic N) is 2. The van der Waals surface area contributed by atoms with E-state index in [1.807, 2.05) is 12.1 Å². The van der Waals surface area contributed by atoms with E-state index in [1.54, 1.807) is 17.3 Å². The number of aromatic amines is 1. The molecule has 0 saturated heterocycles. The van der Waals surface area contributed by atoms with Gasteiger partial charge in [-0.05, 0) is 24.4 Å². The van der Waals surface area contributed by atoms with Crippen molar-refractivity contribution >= 4 is 12.2 Å². The Morgan fingerprint density at radius 2 is 2.62 bits per heavy atom. The molecule has 0 aliphatic heterocycles. The van der Waals surface area contributed by atoms with E-state index in [4.69, 9.17) is 16.6 Å². The smallest absolute Gasteiger partial charge is 0.214 e. The topological polar surface area (TPSA) is 58.8 Å². The minimum absolute atomic E-state index is 0.534. The van der Waals surface area contributed by atoms with E-state index < -0.39 is 0 Å². The molecule has 2 rings (SSSR count). The monoisotopic (exact) mass is 196 g/mol. The van der Waals surface area contributed by atoms with Gasteiger partial charge < -0.3 is 9.84 Å². The van der Waals surface area contributed by atoms with Gasteiger partial charge in [-0.25, -0.2) is 4.68 Å². The van der Waals surface area contributed by atoms with E-state index >= 15 is 0 Å². The van der Waals surface area contributed by atoms with E-state index in [1.165, 1.54) is 0 Å². The maximum absolute atomic E-state index is 5.13. The summed E-state index contributed by atoms with van der Waals surface area (Å²) in [5.74, 6) is 0.850. The average molecular weight is 196 g/mol. The lowest BCUT2D eigenvalue weighted by molar-refractivity contribution is 0.510. The molecule has 0 fully saturated rings. The third-order valence-corrected chi connectivity index (χ3v) is 1.84. The summed E-state index contributed by atoms with van der Waals surface area (Å²) in [5, 5.41) is 6.40. The molecule has 0 spiro atoms. The van der Waals surface area contributed by atoms with Crippen LogP contribution in [0, 0.1) is 4.77 Å². The van der Waals surface area contributed by atoms with Crippen LogP contribution in [-0.2, 0) is 6.54 Å². The molecule has 0 aliphatic rings. The zero-order valence-corrected chi connectivity index (χ0v) is 7.54. The highest BCUT2D eigenvalue weighted by molar-refractivity contribution is 7.71. The van der Waals surface area contributed by atoms with Crippen molar-refractivity contribution in [1.29, 1.82) is 0 Å². The molecule has 0 aliphatic carbocycles. The van der Waals surface area contributed by atoms with Gasteiger partial charge in [0, 0.05) is 0 Å². The number of nitrogens with one attached hydrogen (secondary N) is 2. The van der Waals surface area contributed by atoms with Crippen molar-refractivity contribution in [3.8, 4) is 0 Å². The maximum atomic E-state index is 5.13. The van der Waals surface area contributed by atoms with Gasteiger partial charge in [0.2, 0.25) is 4.77 Å². The van der Waals surface area contributed by atoms with Gasteiger partial charge in [0.05, 0.1) is 12.8 Å². The molecule has 0 unspecified atom stereocenters. The summed E-state index contributed by atoms with van der Waals surface area (Å²) < 4.78 is 7.29. The Hall–Kier alpha value is -1.56. The first-order valence-corrected chi connectivity index (χ1v) is 4.15. The highest BCUT2D eigenvalue weighted by atomic mass is 32.1. The predicted molar refractivity (Wildman–Crippen MR) is 49.2 cm³/mol. The average Bonchev–Trinajstić information content (AvgIpc) is 2.72. The molecule has 5 nitrogen and oxygen atoms in total. The first-order chi connectivity index (χ1) is 6.36. The number of hydrogen-bond donors (Lipinski definition) is 2. The number of furan rings is 1. The van der Waals surface area contributed by atoms with Crippen LogP contribution in [-0.4, -0.2) is 14.9 Å². The van der Waals surface area contributed by atoms with Crippen LogP contribution in [0.5, 0.6) is 0 Å². The van der Waals surface area contributed by atoms with E-state index in [2.05, 4.69) is 15.6 Å². The molecule has 0 radical (unpaired) electrons. The summed E-state index contributed by atoms with van der Waals surface area (Å²) in [5.41, 5.74) is 3.02. The minimum atomic E-state index is 0.534. The molecule has 6 heteroatoms. The van der Waals surface area contributed by atoms with E-state index in [0.717, 1.165) is 5.76 Å². The van der Waals surface area contributed by atoms with Crippen LogP contribution < -0.4 is 5.43 Å². The fraction of sp³-hybridized carbons (Fsp3) is 0.143. The van der Waals surface area contributed by atoms with E-state index in [9.17, 15) is 0 Å². The highest BCUT2D eigenvalue weighted by Gasteiger charge is 1.95. The molecule has 68 valence electrons. The molecule has 0 bridgehead atoms. The van der Waals surface area contributed by atoms with Crippen LogP contribution in [0.3, 0.4) is 0 Å². The molecule has 13 heavy (non-hydrogen) atoms. The van der Waals surface area contributed by atoms with Crippen molar-refractivity contribution in [1.82, 2.24) is 14.9 Å². The molecule has 2 aromatic rings. The van der Waals surface area contributed by atoms with Gasteiger partial charge in [0.1, 0.15) is 12.1 Å². The van der Waals surface area contributed by atoms with Gasteiger partial charge in [0.25, 0.3) is 0 Å².